The number of rotatable bonds is 3. The summed E-state index contributed by atoms with van der Waals surface area (Å²) in [5, 5.41) is 7.48. The van der Waals surface area contributed by atoms with Gasteiger partial charge >= 0.3 is 0 Å². The molecule has 0 bridgehead atoms. The van der Waals surface area contributed by atoms with Crippen LogP contribution in [0, 0.1) is 6.92 Å². The van der Waals surface area contributed by atoms with E-state index in [4.69, 9.17) is 0 Å². The minimum atomic E-state index is 0.618. The first-order chi connectivity index (χ1) is 7.25. The highest BCUT2D eigenvalue weighted by Crippen LogP contribution is 2.11. The third-order valence-electron chi connectivity index (χ3n) is 2.07. The molecule has 0 aliphatic rings. The predicted octanol–water partition coefficient (Wildman–Crippen LogP) is 1.13. The molecule has 0 fully saturated rings. The van der Waals surface area contributed by atoms with E-state index in [1.165, 1.54) is 0 Å². The molecule has 0 saturated carbocycles. The summed E-state index contributed by atoms with van der Waals surface area (Å²) in [5.41, 5.74) is 2.00. The lowest BCUT2D eigenvalue weighted by Gasteiger charge is -2.02. The van der Waals surface area contributed by atoms with Gasteiger partial charge in [-0.25, -0.2) is 9.97 Å². The van der Waals surface area contributed by atoms with Crippen LogP contribution in [-0.2, 0) is 13.6 Å². The fourth-order valence-corrected chi connectivity index (χ4v) is 1.37. The molecule has 0 atom stereocenters. The van der Waals surface area contributed by atoms with E-state index in [-0.39, 0.29) is 0 Å². The van der Waals surface area contributed by atoms with Gasteiger partial charge in [0.25, 0.3) is 0 Å². The van der Waals surface area contributed by atoms with Crippen molar-refractivity contribution in [3.8, 4) is 0 Å². The summed E-state index contributed by atoms with van der Waals surface area (Å²) < 4.78 is 1.78. The maximum Gasteiger partial charge on any atom is 0.147 e. The summed E-state index contributed by atoms with van der Waals surface area (Å²) in [6, 6.07) is 1.80. The Labute approximate surface area is 88.2 Å². The van der Waals surface area contributed by atoms with Gasteiger partial charge in [-0.1, -0.05) is 0 Å². The summed E-state index contributed by atoms with van der Waals surface area (Å²) in [4.78, 5) is 8.26. The highest BCUT2D eigenvalue weighted by atomic mass is 15.3. The van der Waals surface area contributed by atoms with Gasteiger partial charge < -0.3 is 5.32 Å². The van der Waals surface area contributed by atoms with Gasteiger partial charge in [-0.2, -0.15) is 5.10 Å². The van der Waals surface area contributed by atoms with E-state index in [1.54, 1.807) is 23.1 Å². The Morgan fingerprint density at radius 3 is 2.67 bits per heavy atom. The van der Waals surface area contributed by atoms with E-state index < -0.39 is 0 Å². The van der Waals surface area contributed by atoms with Crippen LogP contribution in [0.2, 0.25) is 0 Å². The van der Waals surface area contributed by atoms with Gasteiger partial charge in [-0.15, -0.1) is 0 Å². The first-order valence-corrected chi connectivity index (χ1v) is 4.76. The molecule has 0 aromatic carbocycles. The van der Waals surface area contributed by atoms with Crippen LogP contribution in [0.4, 0.5) is 5.69 Å². The zero-order valence-corrected chi connectivity index (χ0v) is 8.81. The number of aromatic nitrogens is 4. The van der Waals surface area contributed by atoms with E-state index in [2.05, 4.69) is 20.4 Å². The molecule has 78 valence electrons. The Hall–Kier alpha value is -1.91. The van der Waals surface area contributed by atoms with Gasteiger partial charge in [0.1, 0.15) is 5.82 Å². The lowest BCUT2D eigenvalue weighted by molar-refractivity contribution is 0.756. The van der Waals surface area contributed by atoms with Gasteiger partial charge in [0.2, 0.25) is 0 Å². The molecule has 0 aliphatic carbocycles. The smallest absolute Gasteiger partial charge is 0.147 e. The molecule has 5 heteroatoms. The number of hydrogen-bond donors (Lipinski definition) is 1. The molecule has 2 heterocycles. The van der Waals surface area contributed by atoms with Crippen LogP contribution in [0.3, 0.4) is 0 Å². The maximum absolute atomic E-state index is 4.24. The highest BCUT2D eigenvalue weighted by molar-refractivity contribution is 5.45. The van der Waals surface area contributed by atoms with Crippen LogP contribution in [-0.4, -0.2) is 19.7 Å². The molecule has 0 saturated heterocycles. The lowest BCUT2D eigenvalue weighted by Crippen LogP contribution is -2.03. The zero-order valence-electron chi connectivity index (χ0n) is 8.81. The Morgan fingerprint density at radius 2 is 2.07 bits per heavy atom. The first-order valence-electron chi connectivity index (χ1n) is 4.76. The Balaban J connectivity index is 2.02. The Bertz CT molecular complexity index is 434. The molecule has 2 aromatic rings. The van der Waals surface area contributed by atoms with Crippen molar-refractivity contribution in [1.29, 1.82) is 0 Å². The van der Waals surface area contributed by atoms with Crippen molar-refractivity contribution in [2.45, 2.75) is 13.5 Å². The topological polar surface area (TPSA) is 55.6 Å². The van der Waals surface area contributed by atoms with Crippen molar-refractivity contribution in [3.63, 3.8) is 0 Å². The average Bonchev–Trinajstić information content (AvgIpc) is 2.56. The zero-order chi connectivity index (χ0) is 10.7. The van der Waals surface area contributed by atoms with Gasteiger partial charge in [-0.05, 0) is 13.0 Å². The second kappa shape index (κ2) is 4.08. The van der Waals surface area contributed by atoms with Gasteiger partial charge in [0.05, 0.1) is 17.9 Å². The van der Waals surface area contributed by atoms with Crippen LogP contribution in [0.25, 0.3) is 0 Å². The van der Waals surface area contributed by atoms with Crippen molar-refractivity contribution in [1.82, 2.24) is 19.7 Å². The molecule has 2 rings (SSSR count). The number of hydrogen-bond acceptors (Lipinski definition) is 4. The second-order valence-electron chi connectivity index (χ2n) is 3.32. The van der Waals surface area contributed by atoms with E-state index >= 15 is 0 Å². The normalized spacial score (nSPS) is 10.3. The predicted molar refractivity (Wildman–Crippen MR) is 57.3 cm³/mol. The molecule has 1 N–H and O–H groups in total. The van der Waals surface area contributed by atoms with E-state index in [0.717, 1.165) is 17.2 Å². The first kappa shape index (κ1) is 9.64. The van der Waals surface area contributed by atoms with Gasteiger partial charge in [0.15, 0.2) is 0 Å². The summed E-state index contributed by atoms with van der Waals surface area (Å²) in [7, 11) is 1.90. The van der Waals surface area contributed by atoms with Crippen molar-refractivity contribution in [2.75, 3.05) is 5.32 Å². The quantitative estimate of drug-likeness (QED) is 0.812. The monoisotopic (exact) mass is 203 g/mol. The fourth-order valence-electron chi connectivity index (χ4n) is 1.37. The molecule has 5 nitrogen and oxygen atoms in total. The average molecular weight is 203 g/mol. The second-order valence-corrected chi connectivity index (χ2v) is 3.32. The summed E-state index contributed by atoms with van der Waals surface area (Å²) in [6.45, 7) is 2.58. The van der Waals surface area contributed by atoms with Crippen molar-refractivity contribution in [3.05, 3.63) is 36.2 Å². The van der Waals surface area contributed by atoms with E-state index in [9.17, 15) is 0 Å². The molecule has 15 heavy (non-hydrogen) atoms. The van der Waals surface area contributed by atoms with E-state index in [1.807, 2.05) is 20.2 Å². The Kier molecular flexibility index (Phi) is 2.62. The molecule has 0 radical (unpaired) electrons. The van der Waals surface area contributed by atoms with Crippen LogP contribution < -0.4 is 5.32 Å². The maximum atomic E-state index is 4.24. The lowest BCUT2D eigenvalue weighted by atomic mass is 10.4. The van der Waals surface area contributed by atoms with Crippen LogP contribution in [0.15, 0.2) is 24.7 Å². The highest BCUT2D eigenvalue weighted by Gasteiger charge is 2.02. The largest absolute Gasteiger partial charge is 0.375 e. The van der Waals surface area contributed by atoms with E-state index in [0.29, 0.717) is 6.54 Å². The number of nitrogens with one attached hydrogen (secondary N) is 1. The minimum Gasteiger partial charge on any atom is -0.375 e. The van der Waals surface area contributed by atoms with Gasteiger partial charge in [0, 0.05) is 25.6 Å². The molecule has 2 aromatic heterocycles. The number of anilines is 1. The third-order valence-corrected chi connectivity index (χ3v) is 2.07. The fraction of sp³-hybridized carbons (Fsp3) is 0.300. The SMILES string of the molecule is Cc1nn(C)cc1NCc1ncccn1. The molecule has 0 amide bonds. The molecular formula is C10H13N5. The standard InChI is InChI=1S/C10H13N5/c1-8-9(7-15(2)14-8)13-6-10-11-4-3-5-12-10/h3-5,7,13H,6H2,1-2H3. The summed E-state index contributed by atoms with van der Waals surface area (Å²) in [6.07, 6.45) is 5.42. The van der Waals surface area contributed by atoms with Crippen molar-refractivity contribution < 1.29 is 0 Å². The molecule has 0 spiro atoms. The van der Waals surface area contributed by atoms with Crippen molar-refractivity contribution in [2.24, 2.45) is 7.05 Å². The summed E-state index contributed by atoms with van der Waals surface area (Å²) >= 11 is 0. The Morgan fingerprint density at radius 1 is 1.33 bits per heavy atom. The molecule has 0 aliphatic heterocycles. The van der Waals surface area contributed by atoms with Crippen LogP contribution >= 0.6 is 0 Å². The van der Waals surface area contributed by atoms with Crippen LogP contribution in [0.1, 0.15) is 11.5 Å². The minimum absolute atomic E-state index is 0.618. The number of aryl methyl sites for hydroxylation is 2. The van der Waals surface area contributed by atoms with Crippen molar-refractivity contribution >= 4 is 5.69 Å². The molecular weight excluding hydrogens is 190 g/mol. The third kappa shape index (κ3) is 2.31. The molecule has 0 unspecified atom stereocenters. The number of nitrogens with zero attached hydrogens (tertiary/aromatic N) is 4. The summed E-state index contributed by atoms with van der Waals surface area (Å²) in [5.74, 6) is 0.778. The van der Waals surface area contributed by atoms with Gasteiger partial charge in [-0.3, -0.25) is 4.68 Å². The van der Waals surface area contributed by atoms with Crippen LogP contribution in [0.5, 0.6) is 0 Å².